The van der Waals surface area contributed by atoms with E-state index < -0.39 is 18.2 Å². The van der Waals surface area contributed by atoms with Gasteiger partial charge in [-0.15, -0.1) is 0 Å². The van der Waals surface area contributed by atoms with Crippen molar-refractivity contribution in [2.24, 2.45) is 5.92 Å². The van der Waals surface area contributed by atoms with Gasteiger partial charge in [-0.05, 0) is 42.3 Å². The molecule has 30 heavy (non-hydrogen) atoms. The van der Waals surface area contributed by atoms with E-state index in [0.717, 1.165) is 21.7 Å². The van der Waals surface area contributed by atoms with Crippen LogP contribution in [-0.2, 0) is 14.3 Å². The van der Waals surface area contributed by atoms with Gasteiger partial charge in [0.15, 0.2) is 0 Å². The number of hydrogen-bond acceptors (Lipinski definition) is 4. The highest BCUT2D eigenvalue weighted by Gasteiger charge is 2.38. The zero-order chi connectivity index (χ0) is 21.8. The van der Waals surface area contributed by atoms with Gasteiger partial charge in [0.25, 0.3) is 0 Å². The minimum Gasteiger partial charge on any atom is -0.453 e. The maximum Gasteiger partial charge on any atom is 0.407 e. The summed E-state index contributed by atoms with van der Waals surface area (Å²) in [7, 11) is 1.26. The number of benzene rings is 2. The van der Waals surface area contributed by atoms with Crippen molar-refractivity contribution in [3.05, 3.63) is 40.9 Å². The Balaban J connectivity index is 1.79. The first-order valence-corrected chi connectivity index (χ1v) is 10.7. The molecule has 1 heterocycles. The van der Waals surface area contributed by atoms with E-state index in [1.165, 1.54) is 7.11 Å². The Hall–Kier alpha value is -2.61. The average Bonchev–Trinajstić information content (AvgIpc) is 3.21. The molecule has 1 saturated heterocycles. The molecule has 0 bridgehead atoms. The number of amides is 3. The molecule has 0 aliphatic carbocycles. The molecule has 1 fully saturated rings. The quantitative estimate of drug-likeness (QED) is 0.685. The van der Waals surface area contributed by atoms with Gasteiger partial charge in [-0.3, -0.25) is 9.59 Å². The molecule has 0 saturated carbocycles. The van der Waals surface area contributed by atoms with Crippen LogP contribution >= 0.6 is 15.9 Å². The number of nitrogens with one attached hydrogen (secondary N) is 2. The van der Waals surface area contributed by atoms with E-state index in [9.17, 15) is 14.4 Å². The van der Waals surface area contributed by atoms with E-state index in [-0.39, 0.29) is 17.7 Å². The highest BCUT2D eigenvalue weighted by Crippen LogP contribution is 2.28. The normalized spacial score (nSPS) is 17.1. The Morgan fingerprint density at radius 3 is 2.67 bits per heavy atom. The predicted octanol–water partition coefficient (Wildman–Crippen LogP) is 3.91. The number of carbonyl (C=O) groups excluding carboxylic acids is 3. The summed E-state index contributed by atoms with van der Waals surface area (Å²) in [6.07, 6.45) is 0.649. The van der Waals surface area contributed by atoms with Gasteiger partial charge in [0.2, 0.25) is 11.8 Å². The maximum atomic E-state index is 13.1. The highest BCUT2D eigenvalue weighted by molar-refractivity contribution is 9.10. The van der Waals surface area contributed by atoms with Crippen LogP contribution in [0.4, 0.5) is 10.5 Å². The molecular weight excluding hydrogens is 450 g/mol. The molecule has 2 atom stereocenters. The van der Waals surface area contributed by atoms with E-state index in [1.807, 2.05) is 50.2 Å². The van der Waals surface area contributed by atoms with Crippen molar-refractivity contribution < 1.29 is 19.1 Å². The molecule has 3 rings (SSSR count). The van der Waals surface area contributed by atoms with E-state index in [0.29, 0.717) is 18.7 Å². The van der Waals surface area contributed by atoms with Crippen molar-refractivity contribution in [1.82, 2.24) is 10.2 Å². The molecule has 0 spiro atoms. The number of hydrogen-bond donors (Lipinski definition) is 2. The molecule has 0 radical (unpaired) electrons. The third-order valence-corrected chi connectivity index (χ3v) is 5.82. The number of halogens is 1. The van der Waals surface area contributed by atoms with Crippen molar-refractivity contribution in [3.8, 4) is 0 Å². The predicted molar refractivity (Wildman–Crippen MR) is 119 cm³/mol. The van der Waals surface area contributed by atoms with Crippen molar-refractivity contribution in [1.29, 1.82) is 0 Å². The summed E-state index contributed by atoms with van der Waals surface area (Å²) in [4.78, 5) is 39.4. The topological polar surface area (TPSA) is 87.7 Å². The van der Waals surface area contributed by atoms with Crippen LogP contribution in [0.25, 0.3) is 10.8 Å². The number of methoxy groups -OCH3 is 1. The summed E-state index contributed by atoms with van der Waals surface area (Å²) in [6, 6.07) is 10.2. The van der Waals surface area contributed by atoms with Gasteiger partial charge in [-0.2, -0.15) is 0 Å². The zero-order valence-corrected chi connectivity index (χ0v) is 18.9. The Labute approximate surface area is 184 Å². The van der Waals surface area contributed by atoms with Gasteiger partial charge in [0.1, 0.15) is 12.1 Å². The van der Waals surface area contributed by atoms with Crippen LogP contribution in [0.2, 0.25) is 0 Å². The van der Waals surface area contributed by atoms with E-state index in [2.05, 4.69) is 31.3 Å². The largest absolute Gasteiger partial charge is 0.453 e. The number of alkyl carbamates (subject to hydrolysis) is 1. The Kier molecular flexibility index (Phi) is 6.97. The lowest BCUT2D eigenvalue weighted by Crippen LogP contribution is -2.54. The smallest absolute Gasteiger partial charge is 0.407 e. The standard InChI is InChI=1S/C22H26BrN3O4/c1-13(2)19(25-22(29)30-3)21(28)26-11-5-8-18(26)20(27)24-17-7-4-6-14-12-15(23)9-10-16(14)17/h4,6-7,9-10,12-13,18-19H,5,8,11H2,1-3H3,(H,24,27)(H,25,29)/t18-,19-/m0/s1. The van der Waals surface area contributed by atoms with Crippen molar-refractivity contribution in [3.63, 3.8) is 0 Å². The Morgan fingerprint density at radius 2 is 1.97 bits per heavy atom. The molecule has 2 aromatic rings. The zero-order valence-electron chi connectivity index (χ0n) is 17.3. The second kappa shape index (κ2) is 9.47. The number of fused-ring (bicyclic) bond motifs is 1. The van der Waals surface area contributed by atoms with E-state index >= 15 is 0 Å². The summed E-state index contributed by atoms with van der Waals surface area (Å²) in [5.74, 6) is -0.635. The SMILES string of the molecule is COC(=O)N[C@H](C(=O)N1CCC[C@H]1C(=O)Nc1cccc2cc(Br)ccc12)C(C)C. The molecule has 3 amide bonds. The fourth-order valence-electron chi connectivity index (χ4n) is 3.76. The van der Waals surface area contributed by atoms with Gasteiger partial charge < -0.3 is 20.3 Å². The summed E-state index contributed by atoms with van der Waals surface area (Å²) >= 11 is 3.46. The van der Waals surface area contributed by atoms with E-state index in [1.54, 1.807) is 4.90 Å². The molecule has 0 unspecified atom stereocenters. The van der Waals surface area contributed by atoms with Crippen LogP contribution in [0.1, 0.15) is 26.7 Å². The maximum absolute atomic E-state index is 13.1. The average molecular weight is 476 g/mol. The molecule has 8 heteroatoms. The second-order valence-electron chi connectivity index (χ2n) is 7.71. The summed E-state index contributed by atoms with van der Waals surface area (Å²) in [6.45, 7) is 4.17. The number of rotatable bonds is 5. The fourth-order valence-corrected chi connectivity index (χ4v) is 4.14. The Bertz CT molecular complexity index is 963. The van der Waals surface area contributed by atoms with Crippen LogP contribution in [0.3, 0.4) is 0 Å². The van der Waals surface area contributed by atoms with Gasteiger partial charge in [0.05, 0.1) is 7.11 Å². The first-order chi connectivity index (χ1) is 14.3. The lowest BCUT2D eigenvalue weighted by molar-refractivity contribution is -0.139. The third-order valence-electron chi connectivity index (χ3n) is 5.33. The molecule has 160 valence electrons. The fraction of sp³-hybridized carbons (Fsp3) is 0.409. The van der Waals surface area contributed by atoms with Gasteiger partial charge >= 0.3 is 6.09 Å². The number of nitrogens with zero attached hydrogens (tertiary/aromatic N) is 1. The molecule has 2 aromatic carbocycles. The molecule has 1 aliphatic rings. The summed E-state index contributed by atoms with van der Waals surface area (Å²) < 4.78 is 5.60. The lowest BCUT2D eigenvalue weighted by atomic mass is 10.0. The summed E-state index contributed by atoms with van der Waals surface area (Å²) in [5, 5.41) is 7.52. The van der Waals surface area contributed by atoms with E-state index in [4.69, 9.17) is 0 Å². The number of anilines is 1. The van der Waals surface area contributed by atoms with Crippen molar-refractivity contribution >= 4 is 50.3 Å². The highest BCUT2D eigenvalue weighted by atomic mass is 79.9. The number of likely N-dealkylation sites (tertiary alicyclic amines) is 1. The summed E-state index contributed by atoms with van der Waals surface area (Å²) in [5.41, 5.74) is 0.706. The molecule has 1 aliphatic heterocycles. The number of ether oxygens (including phenoxy) is 1. The second-order valence-corrected chi connectivity index (χ2v) is 8.62. The van der Waals surface area contributed by atoms with Gasteiger partial charge in [0, 0.05) is 22.1 Å². The van der Waals surface area contributed by atoms with Crippen LogP contribution in [0.15, 0.2) is 40.9 Å². The molecule has 7 nitrogen and oxygen atoms in total. The molecule has 2 N–H and O–H groups in total. The lowest BCUT2D eigenvalue weighted by Gasteiger charge is -2.30. The van der Waals surface area contributed by atoms with Crippen LogP contribution < -0.4 is 10.6 Å². The van der Waals surface area contributed by atoms with Crippen molar-refractivity contribution in [2.45, 2.75) is 38.8 Å². The first-order valence-electron chi connectivity index (χ1n) is 9.96. The third kappa shape index (κ3) is 4.75. The van der Waals surface area contributed by atoms with Gasteiger partial charge in [-0.1, -0.05) is 48.0 Å². The van der Waals surface area contributed by atoms with Crippen LogP contribution in [0, 0.1) is 5.92 Å². The monoisotopic (exact) mass is 475 g/mol. The Morgan fingerprint density at radius 1 is 1.20 bits per heavy atom. The first kappa shape index (κ1) is 22.1. The van der Waals surface area contributed by atoms with Crippen LogP contribution in [0.5, 0.6) is 0 Å². The van der Waals surface area contributed by atoms with Crippen molar-refractivity contribution in [2.75, 3.05) is 19.0 Å². The minimum absolute atomic E-state index is 0.141. The molecular formula is C22H26BrN3O4. The molecule has 0 aromatic heterocycles. The van der Waals surface area contributed by atoms with Crippen LogP contribution in [-0.4, -0.2) is 48.5 Å². The number of carbonyl (C=O) groups is 3. The minimum atomic E-state index is -0.749. The van der Waals surface area contributed by atoms with Gasteiger partial charge in [-0.25, -0.2) is 4.79 Å².